The van der Waals surface area contributed by atoms with Crippen LogP contribution in [0.1, 0.15) is 12.7 Å². The maximum atomic E-state index is 11.2. The first-order chi connectivity index (χ1) is 7.93. The van der Waals surface area contributed by atoms with Gasteiger partial charge in [-0.3, -0.25) is 4.79 Å². The molecule has 0 aliphatic rings. The van der Waals surface area contributed by atoms with E-state index in [1.807, 2.05) is 0 Å². The van der Waals surface area contributed by atoms with Gasteiger partial charge >= 0.3 is 11.6 Å². The Morgan fingerprint density at radius 2 is 2.12 bits per heavy atom. The highest BCUT2D eigenvalue weighted by atomic mass is 16.5. The van der Waals surface area contributed by atoms with Crippen molar-refractivity contribution < 1.29 is 18.7 Å². The minimum Gasteiger partial charge on any atom is -0.488 e. The molecule has 0 aliphatic carbocycles. The van der Waals surface area contributed by atoms with Crippen molar-refractivity contribution in [1.82, 2.24) is 0 Å². The minimum absolute atomic E-state index is 0.311. The summed E-state index contributed by atoms with van der Waals surface area (Å²) >= 11 is 0. The van der Waals surface area contributed by atoms with E-state index in [0.717, 1.165) is 0 Å². The van der Waals surface area contributed by atoms with Crippen molar-refractivity contribution in [2.45, 2.75) is 26.0 Å². The van der Waals surface area contributed by atoms with Crippen molar-refractivity contribution in [2.75, 3.05) is 7.11 Å². The van der Waals surface area contributed by atoms with E-state index in [4.69, 9.17) is 14.9 Å². The molecular weight excluding hydrogens is 226 g/mol. The Bertz CT molecular complexity index is 453. The number of esters is 1. The Labute approximate surface area is 98.3 Å². The average molecular weight is 241 g/mol. The minimum atomic E-state index is -0.910. The van der Waals surface area contributed by atoms with Gasteiger partial charge in [0.2, 0.25) is 0 Å². The Kier molecular flexibility index (Phi) is 4.28. The Balaban J connectivity index is 2.77. The fourth-order valence-electron chi connectivity index (χ4n) is 1.26. The van der Waals surface area contributed by atoms with Crippen molar-refractivity contribution in [1.29, 1.82) is 0 Å². The van der Waals surface area contributed by atoms with E-state index in [1.165, 1.54) is 13.2 Å². The third-order valence-electron chi connectivity index (χ3n) is 2.17. The molecule has 94 valence electrons. The van der Waals surface area contributed by atoms with Crippen molar-refractivity contribution in [3.05, 3.63) is 28.3 Å². The molecule has 2 atom stereocenters. The van der Waals surface area contributed by atoms with Crippen LogP contribution in [0.4, 0.5) is 0 Å². The van der Waals surface area contributed by atoms with Gasteiger partial charge < -0.3 is 19.6 Å². The molecule has 1 aromatic rings. The largest absolute Gasteiger partial charge is 0.488 e. The first kappa shape index (κ1) is 13.2. The van der Waals surface area contributed by atoms with E-state index in [9.17, 15) is 9.59 Å². The van der Waals surface area contributed by atoms with Gasteiger partial charge in [-0.2, -0.15) is 0 Å². The first-order valence-electron chi connectivity index (χ1n) is 5.06. The molecule has 0 bridgehead atoms. The van der Waals surface area contributed by atoms with E-state index in [-0.39, 0.29) is 0 Å². The zero-order valence-electron chi connectivity index (χ0n) is 9.93. The summed E-state index contributed by atoms with van der Waals surface area (Å²) in [6.45, 7) is 3.24. The Morgan fingerprint density at radius 3 is 2.65 bits per heavy atom. The van der Waals surface area contributed by atoms with Crippen LogP contribution in [0, 0.1) is 6.92 Å². The van der Waals surface area contributed by atoms with Crippen molar-refractivity contribution in [3.63, 3.8) is 0 Å². The topological polar surface area (TPSA) is 91.8 Å². The van der Waals surface area contributed by atoms with E-state index < -0.39 is 23.7 Å². The Hall–Kier alpha value is -1.82. The number of nitrogens with two attached hydrogens (primary N) is 1. The Morgan fingerprint density at radius 1 is 1.47 bits per heavy atom. The first-order valence-corrected chi connectivity index (χ1v) is 5.06. The van der Waals surface area contributed by atoms with E-state index >= 15 is 0 Å². The molecule has 0 radical (unpaired) electrons. The lowest BCUT2D eigenvalue weighted by Crippen LogP contribution is -2.44. The molecule has 1 heterocycles. The highest BCUT2D eigenvalue weighted by Crippen LogP contribution is 2.12. The molecule has 0 unspecified atom stereocenters. The second-order valence-corrected chi connectivity index (χ2v) is 3.59. The van der Waals surface area contributed by atoms with Crippen molar-refractivity contribution in [2.24, 2.45) is 5.73 Å². The molecule has 0 saturated heterocycles. The van der Waals surface area contributed by atoms with Crippen LogP contribution in [0.2, 0.25) is 0 Å². The highest BCUT2D eigenvalue weighted by Gasteiger charge is 2.23. The van der Waals surface area contributed by atoms with Crippen molar-refractivity contribution in [3.8, 4) is 5.75 Å². The van der Waals surface area contributed by atoms with E-state index in [1.54, 1.807) is 19.9 Å². The number of carbonyl (C=O) groups excluding carboxylic acids is 1. The van der Waals surface area contributed by atoms with Gasteiger partial charge in [-0.05, 0) is 13.8 Å². The maximum absolute atomic E-state index is 11.2. The summed E-state index contributed by atoms with van der Waals surface area (Å²) in [5.74, 6) is 0.161. The molecule has 0 amide bonds. The van der Waals surface area contributed by atoms with Crippen LogP contribution < -0.4 is 16.1 Å². The molecule has 0 aromatic carbocycles. The third-order valence-corrected chi connectivity index (χ3v) is 2.17. The maximum Gasteiger partial charge on any atom is 0.339 e. The second-order valence-electron chi connectivity index (χ2n) is 3.59. The van der Waals surface area contributed by atoms with Gasteiger partial charge in [0.25, 0.3) is 0 Å². The fourth-order valence-corrected chi connectivity index (χ4v) is 1.26. The predicted molar refractivity (Wildman–Crippen MR) is 59.8 cm³/mol. The molecule has 1 rings (SSSR count). The lowest BCUT2D eigenvalue weighted by molar-refractivity contribution is -0.144. The normalized spacial score (nSPS) is 13.9. The molecule has 6 heteroatoms. The van der Waals surface area contributed by atoms with Gasteiger partial charge in [-0.15, -0.1) is 0 Å². The highest BCUT2D eigenvalue weighted by molar-refractivity contribution is 5.76. The smallest absolute Gasteiger partial charge is 0.339 e. The van der Waals surface area contributed by atoms with Gasteiger partial charge in [0.05, 0.1) is 13.2 Å². The van der Waals surface area contributed by atoms with Crippen LogP contribution in [0.3, 0.4) is 0 Å². The van der Waals surface area contributed by atoms with Crippen LogP contribution in [-0.2, 0) is 9.53 Å². The summed E-state index contributed by atoms with van der Waals surface area (Å²) in [6, 6.07) is 1.82. The lowest BCUT2D eigenvalue weighted by Gasteiger charge is -2.19. The average Bonchev–Trinajstić information content (AvgIpc) is 2.25. The van der Waals surface area contributed by atoms with Crippen LogP contribution in [-0.4, -0.2) is 25.2 Å². The molecular formula is C11H15NO5. The summed E-state index contributed by atoms with van der Waals surface area (Å²) in [5.41, 5.74) is 5.08. The molecule has 0 fully saturated rings. The molecule has 0 saturated carbocycles. The SMILES string of the molecule is COC(=O)[C@H](N)[C@@H](C)Oc1cc(C)oc(=O)c1. The van der Waals surface area contributed by atoms with Crippen LogP contribution in [0.15, 0.2) is 21.3 Å². The summed E-state index contributed by atoms with van der Waals surface area (Å²) in [7, 11) is 1.25. The predicted octanol–water partition coefficient (Wildman–Crippen LogP) is 0.216. The molecule has 17 heavy (non-hydrogen) atoms. The van der Waals surface area contributed by atoms with Gasteiger partial charge in [0.15, 0.2) is 0 Å². The zero-order valence-corrected chi connectivity index (χ0v) is 9.93. The number of methoxy groups -OCH3 is 1. The van der Waals surface area contributed by atoms with E-state index in [0.29, 0.717) is 11.5 Å². The quantitative estimate of drug-likeness (QED) is 0.758. The summed E-state index contributed by atoms with van der Waals surface area (Å²) in [5, 5.41) is 0. The number of aryl methyl sites for hydroxylation is 1. The van der Waals surface area contributed by atoms with Crippen LogP contribution in [0.5, 0.6) is 5.75 Å². The summed E-state index contributed by atoms with van der Waals surface area (Å²) < 4.78 is 14.6. The number of hydrogen-bond acceptors (Lipinski definition) is 6. The number of carbonyl (C=O) groups is 1. The molecule has 0 aliphatic heterocycles. The van der Waals surface area contributed by atoms with Gasteiger partial charge in [0, 0.05) is 6.07 Å². The van der Waals surface area contributed by atoms with Gasteiger partial charge in [-0.1, -0.05) is 0 Å². The third kappa shape index (κ3) is 3.60. The van der Waals surface area contributed by atoms with Crippen LogP contribution in [0.25, 0.3) is 0 Å². The summed E-state index contributed by atoms with van der Waals surface area (Å²) in [4.78, 5) is 22.3. The molecule has 0 spiro atoms. The number of ether oxygens (including phenoxy) is 2. The van der Waals surface area contributed by atoms with E-state index in [2.05, 4.69) is 4.74 Å². The standard InChI is InChI=1S/C11H15NO5/c1-6-4-8(5-9(13)16-6)17-7(2)10(12)11(14)15-3/h4-5,7,10H,12H2,1-3H3/t7-,10-/m1/s1. The lowest BCUT2D eigenvalue weighted by atomic mass is 10.2. The summed E-state index contributed by atoms with van der Waals surface area (Å²) in [6.07, 6.45) is -0.608. The van der Waals surface area contributed by atoms with Gasteiger partial charge in [-0.25, -0.2) is 4.79 Å². The zero-order chi connectivity index (χ0) is 13.0. The second kappa shape index (κ2) is 5.49. The molecule has 1 aromatic heterocycles. The van der Waals surface area contributed by atoms with Crippen LogP contribution >= 0.6 is 0 Å². The fraction of sp³-hybridized carbons (Fsp3) is 0.455. The van der Waals surface area contributed by atoms with Crippen molar-refractivity contribution >= 4 is 5.97 Å². The number of rotatable bonds is 4. The molecule has 6 nitrogen and oxygen atoms in total. The number of hydrogen-bond donors (Lipinski definition) is 1. The van der Waals surface area contributed by atoms with Gasteiger partial charge in [0.1, 0.15) is 23.7 Å². The monoisotopic (exact) mass is 241 g/mol. The molecule has 2 N–H and O–H groups in total.